The Hall–Kier alpha value is -2.12. The van der Waals surface area contributed by atoms with Crippen molar-refractivity contribution in [3.05, 3.63) is 6.20 Å². The monoisotopic (exact) mass is 241 g/mol. The molecule has 1 aromatic heterocycles. The smallest absolute Gasteiger partial charge is 0.408 e. The quantitative estimate of drug-likeness (QED) is 0.703. The summed E-state index contributed by atoms with van der Waals surface area (Å²) in [5.74, 6) is -0.120. The number of amides is 2. The van der Waals surface area contributed by atoms with Crippen molar-refractivity contribution in [2.45, 2.75) is 26.4 Å². The van der Waals surface area contributed by atoms with Gasteiger partial charge in [-0.3, -0.25) is 4.79 Å². The van der Waals surface area contributed by atoms with Gasteiger partial charge in [-0.25, -0.2) is 4.79 Å². The Morgan fingerprint density at radius 3 is 2.71 bits per heavy atom. The number of nitrogens with one attached hydrogen (secondary N) is 3. The second kappa shape index (κ2) is 5.28. The molecule has 1 aromatic rings. The molecule has 94 valence electrons. The van der Waals surface area contributed by atoms with E-state index in [0.29, 0.717) is 5.82 Å². The Labute approximate surface area is 98.1 Å². The van der Waals surface area contributed by atoms with Gasteiger partial charge < -0.3 is 15.4 Å². The molecule has 2 amide bonds. The van der Waals surface area contributed by atoms with Gasteiger partial charge in [0, 0.05) is 0 Å². The van der Waals surface area contributed by atoms with Gasteiger partial charge in [0.05, 0.1) is 6.20 Å². The third kappa shape index (κ3) is 5.50. The molecule has 0 aromatic carbocycles. The lowest BCUT2D eigenvalue weighted by Gasteiger charge is -2.19. The Morgan fingerprint density at radius 2 is 2.18 bits per heavy atom. The van der Waals surface area contributed by atoms with Crippen LogP contribution in [0.2, 0.25) is 0 Å². The maximum absolute atomic E-state index is 11.3. The van der Waals surface area contributed by atoms with E-state index in [-0.39, 0.29) is 6.54 Å². The summed E-state index contributed by atoms with van der Waals surface area (Å²) in [4.78, 5) is 22.5. The molecule has 1 heterocycles. The van der Waals surface area contributed by atoms with Crippen molar-refractivity contribution in [1.82, 2.24) is 20.7 Å². The second-order valence-corrected chi connectivity index (χ2v) is 4.26. The minimum absolute atomic E-state index is 0.193. The predicted molar refractivity (Wildman–Crippen MR) is 59.2 cm³/mol. The Bertz CT molecular complexity index is 382. The highest BCUT2D eigenvalue weighted by Crippen LogP contribution is 2.06. The van der Waals surface area contributed by atoms with Crippen LogP contribution in [0.4, 0.5) is 10.6 Å². The molecule has 1 rings (SSSR count). The summed E-state index contributed by atoms with van der Waals surface area (Å²) < 4.78 is 4.96. The maximum atomic E-state index is 11.3. The standard InChI is InChI=1S/C9H15N5O3/c1-9(2,3)17-8(16)10-5-7(15)12-6-4-11-14-13-6/h4H,5H2,1-3H3,(H,10,16)(H2,11,12,13,14,15). The number of carbonyl (C=O) groups is 2. The van der Waals surface area contributed by atoms with Crippen LogP contribution in [0.15, 0.2) is 6.20 Å². The normalized spacial score (nSPS) is 10.8. The molecule has 0 atom stereocenters. The largest absolute Gasteiger partial charge is 0.444 e. The highest BCUT2D eigenvalue weighted by molar-refractivity contribution is 5.92. The van der Waals surface area contributed by atoms with Gasteiger partial charge in [0.2, 0.25) is 5.91 Å². The number of rotatable bonds is 3. The van der Waals surface area contributed by atoms with E-state index in [2.05, 4.69) is 26.0 Å². The van der Waals surface area contributed by atoms with Crippen LogP contribution in [0, 0.1) is 0 Å². The molecule has 3 N–H and O–H groups in total. The Morgan fingerprint density at radius 1 is 1.47 bits per heavy atom. The third-order valence-corrected chi connectivity index (χ3v) is 1.47. The summed E-state index contributed by atoms with van der Waals surface area (Å²) in [5, 5.41) is 14.2. The van der Waals surface area contributed by atoms with Crippen LogP contribution in [0.25, 0.3) is 0 Å². The molecule has 0 aliphatic heterocycles. The van der Waals surface area contributed by atoms with Crippen molar-refractivity contribution in [2.24, 2.45) is 0 Å². The highest BCUT2D eigenvalue weighted by Gasteiger charge is 2.16. The van der Waals surface area contributed by atoms with Gasteiger partial charge in [-0.15, -0.1) is 5.10 Å². The molecular formula is C9H15N5O3. The van der Waals surface area contributed by atoms with Gasteiger partial charge in [-0.05, 0) is 20.8 Å². The number of hydrogen-bond donors (Lipinski definition) is 3. The minimum atomic E-state index is -0.646. The summed E-state index contributed by atoms with van der Waals surface area (Å²) in [6, 6.07) is 0. The predicted octanol–water partition coefficient (Wildman–Crippen LogP) is 0.268. The average molecular weight is 241 g/mol. The number of anilines is 1. The molecule has 0 aliphatic carbocycles. The highest BCUT2D eigenvalue weighted by atomic mass is 16.6. The second-order valence-electron chi connectivity index (χ2n) is 4.26. The fourth-order valence-corrected chi connectivity index (χ4v) is 0.916. The zero-order valence-electron chi connectivity index (χ0n) is 9.90. The number of carbonyl (C=O) groups excluding carboxylic acids is 2. The molecule has 0 aliphatic rings. The maximum Gasteiger partial charge on any atom is 0.408 e. The Balaban J connectivity index is 2.26. The van der Waals surface area contributed by atoms with Gasteiger partial charge in [-0.2, -0.15) is 10.3 Å². The molecule has 8 nitrogen and oxygen atoms in total. The van der Waals surface area contributed by atoms with Gasteiger partial charge in [0.1, 0.15) is 12.1 Å². The van der Waals surface area contributed by atoms with Crippen molar-refractivity contribution in [2.75, 3.05) is 11.9 Å². The lowest BCUT2D eigenvalue weighted by atomic mass is 10.2. The van der Waals surface area contributed by atoms with Crippen LogP contribution in [-0.4, -0.2) is 39.6 Å². The van der Waals surface area contributed by atoms with Crippen molar-refractivity contribution in [3.8, 4) is 0 Å². The molecule has 0 radical (unpaired) electrons. The van der Waals surface area contributed by atoms with Crippen molar-refractivity contribution in [1.29, 1.82) is 0 Å². The van der Waals surface area contributed by atoms with E-state index < -0.39 is 17.6 Å². The summed E-state index contributed by atoms with van der Waals surface area (Å²) in [5.41, 5.74) is -0.591. The number of hydrogen-bond acceptors (Lipinski definition) is 5. The fourth-order valence-electron chi connectivity index (χ4n) is 0.916. The molecule has 0 unspecified atom stereocenters. The van der Waals surface area contributed by atoms with Crippen LogP contribution in [0.3, 0.4) is 0 Å². The van der Waals surface area contributed by atoms with Crippen LogP contribution in [0.5, 0.6) is 0 Å². The number of alkyl carbamates (subject to hydrolysis) is 1. The topological polar surface area (TPSA) is 109 Å². The van der Waals surface area contributed by atoms with Crippen LogP contribution in [0.1, 0.15) is 20.8 Å². The number of H-pyrrole nitrogens is 1. The summed E-state index contributed by atoms with van der Waals surface area (Å²) in [7, 11) is 0. The van der Waals surface area contributed by atoms with E-state index in [1.165, 1.54) is 6.20 Å². The lowest BCUT2D eigenvalue weighted by molar-refractivity contribution is -0.115. The zero-order valence-corrected chi connectivity index (χ0v) is 9.90. The Kier molecular flexibility index (Phi) is 4.02. The van der Waals surface area contributed by atoms with E-state index in [9.17, 15) is 9.59 Å². The molecule has 0 saturated carbocycles. The van der Waals surface area contributed by atoms with Crippen molar-refractivity contribution >= 4 is 17.8 Å². The summed E-state index contributed by atoms with van der Waals surface area (Å²) in [6.07, 6.45) is 0.707. The van der Waals surface area contributed by atoms with E-state index >= 15 is 0 Å². The first kappa shape index (κ1) is 12.9. The van der Waals surface area contributed by atoms with E-state index in [1.807, 2.05) is 0 Å². The first-order valence-electron chi connectivity index (χ1n) is 4.99. The van der Waals surface area contributed by atoms with Crippen molar-refractivity contribution < 1.29 is 14.3 Å². The molecule has 0 bridgehead atoms. The third-order valence-electron chi connectivity index (χ3n) is 1.47. The van der Waals surface area contributed by atoms with Crippen LogP contribution in [-0.2, 0) is 9.53 Å². The van der Waals surface area contributed by atoms with E-state index in [0.717, 1.165) is 0 Å². The fraction of sp³-hybridized carbons (Fsp3) is 0.556. The minimum Gasteiger partial charge on any atom is -0.444 e. The number of nitrogens with zero attached hydrogens (tertiary/aromatic N) is 2. The zero-order chi connectivity index (χ0) is 12.9. The van der Waals surface area contributed by atoms with Crippen LogP contribution >= 0.6 is 0 Å². The van der Waals surface area contributed by atoms with E-state index in [4.69, 9.17) is 4.74 Å². The van der Waals surface area contributed by atoms with Crippen LogP contribution < -0.4 is 10.6 Å². The van der Waals surface area contributed by atoms with E-state index in [1.54, 1.807) is 20.8 Å². The molecular weight excluding hydrogens is 226 g/mol. The van der Waals surface area contributed by atoms with Gasteiger partial charge in [-0.1, -0.05) is 0 Å². The summed E-state index contributed by atoms with van der Waals surface area (Å²) >= 11 is 0. The number of ether oxygens (including phenoxy) is 1. The molecule has 0 saturated heterocycles. The summed E-state index contributed by atoms with van der Waals surface area (Å²) in [6.45, 7) is 5.02. The van der Waals surface area contributed by atoms with Crippen molar-refractivity contribution in [3.63, 3.8) is 0 Å². The van der Waals surface area contributed by atoms with Gasteiger partial charge in [0.25, 0.3) is 0 Å². The number of aromatic nitrogens is 3. The molecule has 0 fully saturated rings. The first-order valence-corrected chi connectivity index (χ1v) is 4.99. The van der Waals surface area contributed by atoms with Gasteiger partial charge in [0.15, 0.2) is 5.82 Å². The first-order chi connectivity index (χ1) is 7.87. The number of aromatic amines is 1. The lowest BCUT2D eigenvalue weighted by Crippen LogP contribution is -2.37. The average Bonchev–Trinajstić information content (AvgIpc) is 2.64. The molecule has 8 heteroatoms. The SMILES string of the molecule is CC(C)(C)OC(=O)NCC(=O)Nc1cn[nH]n1. The molecule has 17 heavy (non-hydrogen) atoms. The molecule has 0 spiro atoms. The van der Waals surface area contributed by atoms with Gasteiger partial charge >= 0.3 is 6.09 Å².